The van der Waals surface area contributed by atoms with Gasteiger partial charge in [-0.25, -0.2) is 0 Å². The predicted octanol–water partition coefficient (Wildman–Crippen LogP) is 3.27. The number of pyridine rings is 1. The van der Waals surface area contributed by atoms with E-state index in [9.17, 15) is 0 Å². The molecular formula is C14H24N2O2. The molecule has 0 aromatic carbocycles. The standard InChI is InChI=1S/C14H24N2O2/c1-6-14(4,5)18-12-8-7-11(15)13(16-12)17-9-10(2)3/h7-8,10H,6,9,15H2,1-5H3. The molecule has 1 heterocycles. The van der Waals surface area contributed by atoms with E-state index in [4.69, 9.17) is 15.2 Å². The lowest BCUT2D eigenvalue weighted by atomic mass is 10.1. The molecular weight excluding hydrogens is 228 g/mol. The Bertz CT molecular complexity index is 389. The first-order valence-corrected chi connectivity index (χ1v) is 6.42. The summed E-state index contributed by atoms with van der Waals surface area (Å²) in [4.78, 5) is 4.31. The lowest BCUT2D eigenvalue weighted by Crippen LogP contribution is -2.27. The summed E-state index contributed by atoms with van der Waals surface area (Å²) in [5.74, 6) is 1.44. The average Bonchev–Trinajstić information content (AvgIpc) is 2.29. The van der Waals surface area contributed by atoms with Crippen molar-refractivity contribution in [1.29, 1.82) is 0 Å². The zero-order chi connectivity index (χ0) is 13.8. The van der Waals surface area contributed by atoms with Gasteiger partial charge in [0.15, 0.2) is 0 Å². The van der Waals surface area contributed by atoms with Gasteiger partial charge in [0.05, 0.1) is 12.3 Å². The predicted molar refractivity (Wildman–Crippen MR) is 74.0 cm³/mol. The van der Waals surface area contributed by atoms with E-state index in [0.29, 0.717) is 30.0 Å². The highest BCUT2D eigenvalue weighted by molar-refractivity contribution is 5.49. The van der Waals surface area contributed by atoms with Crippen LogP contribution in [0.2, 0.25) is 0 Å². The van der Waals surface area contributed by atoms with E-state index in [1.807, 2.05) is 13.8 Å². The van der Waals surface area contributed by atoms with Gasteiger partial charge in [0.1, 0.15) is 5.60 Å². The van der Waals surface area contributed by atoms with E-state index in [1.54, 1.807) is 12.1 Å². The van der Waals surface area contributed by atoms with Crippen molar-refractivity contribution >= 4 is 5.69 Å². The maximum atomic E-state index is 5.83. The average molecular weight is 252 g/mol. The summed E-state index contributed by atoms with van der Waals surface area (Å²) in [6.07, 6.45) is 0.904. The smallest absolute Gasteiger partial charge is 0.240 e. The number of nitrogens with two attached hydrogens (primary N) is 1. The summed E-state index contributed by atoms with van der Waals surface area (Å²) in [7, 11) is 0. The van der Waals surface area contributed by atoms with Crippen molar-refractivity contribution in [3.8, 4) is 11.8 Å². The summed E-state index contributed by atoms with van der Waals surface area (Å²) in [5, 5.41) is 0. The molecule has 102 valence electrons. The number of rotatable bonds is 6. The first kappa shape index (κ1) is 14.6. The van der Waals surface area contributed by atoms with Gasteiger partial charge in [-0.1, -0.05) is 20.8 Å². The normalized spacial score (nSPS) is 11.7. The zero-order valence-electron chi connectivity index (χ0n) is 12.0. The van der Waals surface area contributed by atoms with Crippen molar-refractivity contribution in [2.24, 2.45) is 5.92 Å². The van der Waals surface area contributed by atoms with Gasteiger partial charge in [-0.2, -0.15) is 4.98 Å². The van der Waals surface area contributed by atoms with E-state index in [-0.39, 0.29) is 5.60 Å². The van der Waals surface area contributed by atoms with Crippen LogP contribution in [0.1, 0.15) is 41.0 Å². The Hall–Kier alpha value is -1.45. The Morgan fingerprint density at radius 3 is 2.56 bits per heavy atom. The maximum Gasteiger partial charge on any atom is 0.240 e. The van der Waals surface area contributed by atoms with E-state index in [2.05, 4.69) is 25.8 Å². The fraction of sp³-hybridized carbons (Fsp3) is 0.643. The molecule has 0 aliphatic heterocycles. The second-order valence-electron chi connectivity index (χ2n) is 5.46. The van der Waals surface area contributed by atoms with Gasteiger partial charge in [0.25, 0.3) is 0 Å². The molecule has 0 unspecified atom stereocenters. The third kappa shape index (κ3) is 4.43. The van der Waals surface area contributed by atoms with E-state index in [1.165, 1.54) is 0 Å². The maximum absolute atomic E-state index is 5.83. The van der Waals surface area contributed by atoms with E-state index >= 15 is 0 Å². The summed E-state index contributed by atoms with van der Waals surface area (Å²) in [6, 6.07) is 3.54. The molecule has 0 saturated heterocycles. The molecule has 0 aliphatic rings. The number of nitrogens with zero attached hydrogens (tertiary/aromatic N) is 1. The van der Waals surface area contributed by atoms with Crippen LogP contribution in [-0.2, 0) is 0 Å². The second-order valence-corrected chi connectivity index (χ2v) is 5.46. The molecule has 0 atom stereocenters. The number of ether oxygens (including phenoxy) is 2. The van der Waals surface area contributed by atoms with Crippen LogP contribution in [0, 0.1) is 5.92 Å². The minimum absolute atomic E-state index is 0.238. The molecule has 1 rings (SSSR count). The van der Waals surface area contributed by atoms with Gasteiger partial charge in [-0.3, -0.25) is 0 Å². The summed E-state index contributed by atoms with van der Waals surface area (Å²) >= 11 is 0. The zero-order valence-corrected chi connectivity index (χ0v) is 12.0. The van der Waals surface area contributed by atoms with Crippen LogP contribution in [0.25, 0.3) is 0 Å². The lowest BCUT2D eigenvalue weighted by Gasteiger charge is -2.24. The summed E-state index contributed by atoms with van der Waals surface area (Å²) < 4.78 is 11.4. The van der Waals surface area contributed by atoms with E-state index < -0.39 is 0 Å². The van der Waals surface area contributed by atoms with Gasteiger partial charge in [0.2, 0.25) is 11.8 Å². The molecule has 0 saturated carbocycles. The monoisotopic (exact) mass is 252 g/mol. The minimum atomic E-state index is -0.238. The van der Waals surface area contributed by atoms with Crippen LogP contribution in [-0.4, -0.2) is 17.2 Å². The highest BCUT2D eigenvalue weighted by Crippen LogP contribution is 2.25. The van der Waals surface area contributed by atoms with Crippen molar-refractivity contribution in [2.75, 3.05) is 12.3 Å². The molecule has 0 radical (unpaired) electrons. The van der Waals surface area contributed by atoms with Crippen LogP contribution in [0.3, 0.4) is 0 Å². The third-order valence-corrected chi connectivity index (χ3v) is 2.65. The van der Waals surface area contributed by atoms with Crippen molar-refractivity contribution in [1.82, 2.24) is 4.98 Å². The Morgan fingerprint density at radius 1 is 1.33 bits per heavy atom. The molecule has 0 aliphatic carbocycles. The van der Waals surface area contributed by atoms with Crippen molar-refractivity contribution in [3.63, 3.8) is 0 Å². The molecule has 0 fully saturated rings. The number of nitrogen functional groups attached to an aromatic ring is 1. The SMILES string of the molecule is CCC(C)(C)Oc1ccc(N)c(OCC(C)C)n1. The quantitative estimate of drug-likeness (QED) is 0.844. The first-order chi connectivity index (χ1) is 8.34. The number of aromatic nitrogens is 1. The van der Waals surface area contributed by atoms with Gasteiger partial charge in [-0.15, -0.1) is 0 Å². The molecule has 2 N–H and O–H groups in total. The molecule has 4 heteroatoms. The summed E-state index contributed by atoms with van der Waals surface area (Å²) in [6.45, 7) is 10.9. The second kappa shape index (κ2) is 5.94. The number of hydrogen-bond acceptors (Lipinski definition) is 4. The fourth-order valence-electron chi connectivity index (χ4n) is 1.21. The largest absolute Gasteiger partial charge is 0.476 e. The van der Waals surface area contributed by atoms with Crippen LogP contribution in [0.15, 0.2) is 12.1 Å². The number of anilines is 1. The van der Waals surface area contributed by atoms with Crippen LogP contribution in [0.4, 0.5) is 5.69 Å². The third-order valence-electron chi connectivity index (χ3n) is 2.65. The fourth-order valence-corrected chi connectivity index (χ4v) is 1.21. The van der Waals surface area contributed by atoms with Crippen molar-refractivity contribution < 1.29 is 9.47 Å². The molecule has 0 amide bonds. The first-order valence-electron chi connectivity index (χ1n) is 6.42. The van der Waals surface area contributed by atoms with Crippen molar-refractivity contribution in [3.05, 3.63) is 12.1 Å². The molecule has 0 bridgehead atoms. The molecule has 0 spiro atoms. The Balaban J connectivity index is 2.80. The highest BCUT2D eigenvalue weighted by Gasteiger charge is 2.18. The van der Waals surface area contributed by atoms with Crippen LogP contribution >= 0.6 is 0 Å². The van der Waals surface area contributed by atoms with E-state index in [0.717, 1.165) is 6.42 Å². The van der Waals surface area contributed by atoms with Gasteiger partial charge in [0, 0.05) is 6.07 Å². The molecule has 18 heavy (non-hydrogen) atoms. The van der Waals surface area contributed by atoms with Crippen molar-refractivity contribution in [2.45, 2.75) is 46.6 Å². The lowest BCUT2D eigenvalue weighted by molar-refractivity contribution is 0.0976. The van der Waals surface area contributed by atoms with Gasteiger partial charge >= 0.3 is 0 Å². The summed E-state index contributed by atoms with van der Waals surface area (Å²) in [5.41, 5.74) is 6.13. The topological polar surface area (TPSA) is 57.4 Å². The minimum Gasteiger partial charge on any atom is -0.476 e. The van der Waals surface area contributed by atoms with Gasteiger partial charge in [-0.05, 0) is 32.3 Å². The van der Waals surface area contributed by atoms with Gasteiger partial charge < -0.3 is 15.2 Å². The Labute approximate surface area is 110 Å². The van der Waals surface area contributed by atoms with Crippen LogP contribution < -0.4 is 15.2 Å². The van der Waals surface area contributed by atoms with Crippen LogP contribution in [0.5, 0.6) is 11.8 Å². The molecule has 1 aromatic rings. The molecule has 4 nitrogen and oxygen atoms in total. The highest BCUT2D eigenvalue weighted by atomic mass is 16.5. The number of hydrogen-bond donors (Lipinski definition) is 1. The Kier molecular flexibility index (Phi) is 4.82. The molecule has 1 aromatic heterocycles. The Morgan fingerprint density at radius 2 is 2.00 bits per heavy atom.